The number of piperidine rings is 1. The minimum absolute atomic E-state index is 0.00531. The minimum Gasteiger partial charge on any atom is -0.465 e. The Morgan fingerprint density at radius 1 is 1.03 bits per heavy atom. The largest absolute Gasteiger partial charge is 0.465 e. The summed E-state index contributed by atoms with van der Waals surface area (Å²) in [6, 6.07) is 15.6. The number of nitrogens with zero attached hydrogens (tertiary/aromatic N) is 2. The van der Waals surface area contributed by atoms with Gasteiger partial charge < -0.3 is 10.1 Å². The molecule has 202 valence electrons. The summed E-state index contributed by atoms with van der Waals surface area (Å²) in [6.45, 7) is 3.57. The number of hydrogen-bond acceptors (Lipinski definition) is 7. The minimum atomic E-state index is -3.96. The molecule has 38 heavy (non-hydrogen) atoms. The molecular weight excluding hydrogens is 590 g/mol. The lowest BCUT2D eigenvalue weighted by Gasteiger charge is -2.26. The quantitative estimate of drug-likeness (QED) is 0.337. The summed E-state index contributed by atoms with van der Waals surface area (Å²) in [5.74, 6) is -0.855. The molecule has 8 nitrogen and oxygen atoms in total. The van der Waals surface area contributed by atoms with Crippen LogP contribution in [0, 0.1) is 0 Å². The van der Waals surface area contributed by atoms with Crippen LogP contribution in [0.1, 0.15) is 50.4 Å². The summed E-state index contributed by atoms with van der Waals surface area (Å²) < 4.78 is 32.7. The maximum absolute atomic E-state index is 13.3. The lowest BCUT2D eigenvalue weighted by molar-refractivity contribution is 0.0600. The summed E-state index contributed by atoms with van der Waals surface area (Å²) in [4.78, 5) is 27.2. The molecule has 1 aromatic heterocycles. The van der Waals surface area contributed by atoms with Crippen molar-refractivity contribution in [1.29, 1.82) is 0 Å². The Balaban J connectivity index is 1.39. The summed E-state index contributed by atoms with van der Waals surface area (Å²) in [6.07, 6.45) is 3.82. The molecule has 11 heteroatoms. The average Bonchev–Trinajstić information content (AvgIpc) is 3.34. The lowest BCUT2D eigenvalue weighted by atomic mass is 10.1. The fraction of sp³-hybridized carbons (Fsp3) is 0.333. The van der Waals surface area contributed by atoms with Crippen molar-refractivity contribution in [2.45, 2.75) is 37.2 Å². The van der Waals surface area contributed by atoms with Crippen molar-refractivity contribution in [1.82, 2.24) is 10.2 Å². The molecule has 1 fully saturated rings. The highest BCUT2D eigenvalue weighted by molar-refractivity contribution is 9.11. The van der Waals surface area contributed by atoms with Gasteiger partial charge in [0.05, 0.1) is 27.0 Å². The van der Waals surface area contributed by atoms with Crippen molar-refractivity contribution < 1.29 is 22.7 Å². The fourth-order valence-corrected chi connectivity index (χ4v) is 7.88. The molecule has 0 unspecified atom stereocenters. The van der Waals surface area contributed by atoms with E-state index in [4.69, 9.17) is 0 Å². The third kappa shape index (κ3) is 6.63. The number of rotatable bonds is 9. The molecule has 1 aliphatic rings. The maximum atomic E-state index is 13.3. The Morgan fingerprint density at radius 3 is 2.29 bits per heavy atom. The van der Waals surface area contributed by atoms with Crippen molar-refractivity contribution in [3.63, 3.8) is 0 Å². The van der Waals surface area contributed by atoms with Gasteiger partial charge in [0.15, 0.2) is 0 Å². The van der Waals surface area contributed by atoms with Crippen LogP contribution in [0.5, 0.6) is 0 Å². The first kappa shape index (κ1) is 28.3. The summed E-state index contributed by atoms with van der Waals surface area (Å²) in [5.41, 5.74) is 2.90. The van der Waals surface area contributed by atoms with Gasteiger partial charge in [0.2, 0.25) is 0 Å². The van der Waals surface area contributed by atoms with Gasteiger partial charge >= 0.3 is 5.97 Å². The van der Waals surface area contributed by atoms with Gasteiger partial charge in [-0.2, -0.15) is 0 Å². The first-order valence-corrected chi connectivity index (χ1v) is 15.3. The second kappa shape index (κ2) is 12.4. The second-order valence-electron chi connectivity index (χ2n) is 9.10. The number of likely N-dealkylation sites (tertiary alicyclic amines) is 1. The summed E-state index contributed by atoms with van der Waals surface area (Å²) >= 11 is 4.37. The van der Waals surface area contributed by atoms with Crippen molar-refractivity contribution in [2.24, 2.45) is 0 Å². The number of sulfonamides is 1. The van der Waals surface area contributed by atoms with Gasteiger partial charge in [-0.05, 0) is 83.3 Å². The fourth-order valence-electron chi connectivity index (χ4n) is 4.26. The highest BCUT2D eigenvalue weighted by Crippen LogP contribution is 2.35. The van der Waals surface area contributed by atoms with Crippen LogP contribution in [0.25, 0.3) is 0 Å². The number of carbonyl (C=O) groups excluding carboxylic acids is 2. The number of hydrogen-bond donors (Lipinski definition) is 1. The Bertz CT molecular complexity index is 1380. The van der Waals surface area contributed by atoms with Crippen molar-refractivity contribution in [3.8, 4) is 0 Å². The van der Waals surface area contributed by atoms with Crippen LogP contribution in [0.2, 0.25) is 0 Å². The highest BCUT2D eigenvalue weighted by Gasteiger charge is 2.28. The highest BCUT2D eigenvalue weighted by atomic mass is 79.9. The van der Waals surface area contributed by atoms with E-state index in [1.54, 1.807) is 0 Å². The first-order chi connectivity index (χ1) is 18.2. The van der Waals surface area contributed by atoms with E-state index in [0.29, 0.717) is 21.6 Å². The van der Waals surface area contributed by atoms with E-state index < -0.39 is 16.0 Å². The molecule has 0 spiro atoms. The van der Waals surface area contributed by atoms with Crippen LogP contribution >= 0.6 is 27.3 Å². The van der Waals surface area contributed by atoms with Gasteiger partial charge in [-0.1, -0.05) is 30.7 Å². The van der Waals surface area contributed by atoms with Crippen molar-refractivity contribution in [2.75, 3.05) is 31.6 Å². The first-order valence-electron chi connectivity index (χ1n) is 12.2. The molecule has 1 N–H and O–H groups in total. The Kier molecular flexibility index (Phi) is 9.24. The molecule has 1 amide bonds. The number of methoxy groups -OCH3 is 1. The van der Waals surface area contributed by atoms with E-state index in [0.717, 1.165) is 40.8 Å². The van der Waals surface area contributed by atoms with Crippen LogP contribution < -0.4 is 9.62 Å². The zero-order valence-electron chi connectivity index (χ0n) is 21.3. The Labute approximate surface area is 235 Å². The molecule has 0 aliphatic carbocycles. The normalized spacial score (nSPS) is 14.2. The number of nitrogens with one attached hydrogen (secondary N) is 1. The molecule has 2 aromatic carbocycles. The van der Waals surface area contributed by atoms with Gasteiger partial charge in [0.25, 0.3) is 15.9 Å². The Morgan fingerprint density at radius 2 is 1.66 bits per heavy atom. The van der Waals surface area contributed by atoms with Crippen molar-refractivity contribution >= 4 is 54.9 Å². The summed E-state index contributed by atoms with van der Waals surface area (Å²) in [7, 11) is -1.26. The van der Waals surface area contributed by atoms with E-state index >= 15 is 0 Å². The van der Waals surface area contributed by atoms with Crippen LogP contribution in [-0.2, 0) is 27.8 Å². The van der Waals surface area contributed by atoms with Gasteiger partial charge in [-0.3, -0.25) is 14.0 Å². The predicted octanol–water partition coefficient (Wildman–Crippen LogP) is 5.04. The van der Waals surface area contributed by atoms with E-state index in [2.05, 4.69) is 43.0 Å². The van der Waals surface area contributed by atoms with Crippen molar-refractivity contribution in [3.05, 3.63) is 80.0 Å². The molecular formula is C27H30BrN3O5S2. The van der Waals surface area contributed by atoms with Gasteiger partial charge in [-0.25, -0.2) is 13.2 Å². The average molecular weight is 621 g/mol. The Hall–Kier alpha value is -2.73. The summed E-state index contributed by atoms with van der Waals surface area (Å²) in [5, 5.41) is 2.88. The zero-order chi connectivity index (χ0) is 27.3. The van der Waals surface area contributed by atoms with E-state index in [9.17, 15) is 18.0 Å². The number of benzene rings is 2. The number of amides is 1. The molecule has 1 saturated heterocycles. The number of ether oxygens (including phenoxy) is 1. The van der Waals surface area contributed by atoms with E-state index in [1.165, 1.54) is 69.3 Å². The second-order valence-corrected chi connectivity index (χ2v) is 13.4. The van der Waals surface area contributed by atoms with Crippen LogP contribution in [-0.4, -0.2) is 52.4 Å². The number of thiophene rings is 1. The molecule has 4 rings (SSSR count). The van der Waals surface area contributed by atoms with E-state index in [-0.39, 0.29) is 15.7 Å². The molecule has 1 aliphatic heterocycles. The number of halogens is 1. The molecule has 0 radical (unpaired) electrons. The SMILES string of the molecule is COC(=O)c1ccc(N(C)S(=O)(=O)c2cc(C(=O)NCc3ccc(CN4CCCCC4)cc3)sc2Br)cc1. The lowest BCUT2D eigenvalue weighted by Crippen LogP contribution is -2.29. The predicted molar refractivity (Wildman–Crippen MR) is 152 cm³/mol. The third-order valence-electron chi connectivity index (χ3n) is 6.50. The van der Waals surface area contributed by atoms with Crippen LogP contribution in [0.3, 0.4) is 0 Å². The number of carbonyl (C=O) groups is 2. The number of esters is 1. The van der Waals surface area contributed by atoms with Gasteiger partial charge in [0.1, 0.15) is 4.90 Å². The smallest absolute Gasteiger partial charge is 0.337 e. The topological polar surface area (TPSA) is 96.0 Å². The van der Waals surface area contributed by atoms with Crippen LogP contribution in [0.4, 0.5) is 5.69 Å². The zero-order valence-corrected chi connectivity index (χ0v) is 24.5. The van der Waals surface area contributed by atoms with Gasteiger partial charge in [-0.15, -0.1) is 11.3 Å². The molecule has 3 aromatic rings. The third-order valence-corrected chi connectivity index (χ3v) is 10.5. The van der Waals surface area contributed by atoms with E-state index in [1.807, 2.05) is 12.1 Å². The standard InChI is InChI=1S/C27H30BrN3O5S2/c1-30(22-12-10-21(11-13-22)27(33)36-2)38(34,35)24-16-23(37-25(24)28)26(32)29-17-19-6-8-20(9-7-19)18-31-14-4-3-5-15-31/h6-13,16H,3-5,14-15,17-18H2,1-2H3,(H,29,32). The molecule has 0 saturated carbocycles. The van der Waals surface area contributed by atoms with Crippen LogP contribution in [0.15, 0.2) is 63.3 Å². The molecule has 0 atom stereocenters. The molecule has 2 heterocycles. The monoisotopic (exact) mass is 619 g/mol. The molecule has 0 bridgehead atoms. The maximum Gasteiger partial charge on any atom is 0.337 e. The number of anilines is 1. The van der Waals surface area contributed by atoms with Gasteiger partial charge in [0, 0.05) is 20.1 Å².